The van der Waals surface area contributed by atoms with Gasteiger partial charge in [-0.05, 0) is 18.8 Å². The van der Waals surface area contributed by atoms with Crippen LogP contribution in [0.5, 0.6) is 0 Å². The molecule has 1 amide bonds. The molecule has 1 aliphatic heterocycles. The van der Waals surface area contributed by atoms with Crippen molar-refractivity contribution in [2.45, 2.75) is 25.7 Å². The minimum atomic E-state index is -3.60. The molecule has 0 atom stereocenters. The van der Waals surface area contributed by atoms with Crippen LogP contribution in [0, 0.1) is 5.92 Å². The van der Waals surface area contributed by atoms with Crippen LogP contribution in [-0.2, 0) is 15.0 Å². The molecule has 0 radical (unpaired) electrons. The molecule has 0 spiro atoms. The molecule has 98 valence electrons. The van der Waals surface area contributed by atoms with Gasteiger partial charge in [0.1, 0.15) is 0 Å². The standard InChI is InChI=1S/C10H19N3O3S/c11-17(15,16)13-6-4-12(5-7-13)10(14)8-9-2-1-3-9/h9H,1-8H2,(H2,11,15,16). The SMILES string of the molecule is NS(=O)(=O)N1CCN(C(=O)CC2CCC2)CC1. The van der Waals surface area contributed by atoms with E-state index in [1.54, 1.807) is 4.90 Å². The molecule has 1 heterocycles. The maximum atomic E-state index is 11.9. The van der Waals surface area contributed by atoms with Gasteiger partial charge < -0.3 is 4.90 Å². The average Bonchev–Trinajstić information content (AvgIpc) is 2.22. The summed E-state index contributed by atoms with van der Waals surface area (Å²) in [5.74, 6) is 0.711. The lowest BCUT2D eigenvalue weighted by molar-refractivity contribution is -0.134. The van der Waals surface area contributed by atoms with E-state index in [4.69, 9.17) is 5.14 Å². The minimum absolute atomic E-state index is 0.156. The summed E-state index contributed by atoms with van der Waals surface area (Å²) >= 11 is 0. The summed E-state index contributed by atoms with van der Waals surface area (Å²) in [5.41, 5.74) is 0. The van der Waals surface area contributed by atoms with Gasteiger partial charge in [-0.2, -0.15) is 12.7 Å². The molecule has 0 unspecified atom stereocenters. The number of rotatable bonds is 3. The Labute approximate surface area is 102 Å². The Morgan fingerprint density at radius 2 is 1.76 bits per heavy atom. The Morgan fingerprint density at radius 3 is 2.18 bits per heavy atom. The zero-order chi connectivity index (χ0) is 12.5. The third-order valence-electron chi connectivity index (χ3n) is 3.64. The van der Waals surface area contributed by atoms with Crippen molar-refractivity contribution in [1.82, 2.24) is 9.21 Å². The first-order valence-corrected chi connectivity index (χ1v) is 7.53. The maximum Gasteiger partial charge on any atom is 0.277 e. The van der Waals surface area contributed by atoms with E-state index in [1.807, 2.05) is 0 Å². The van der Waals surface area contributed by atoms with Crippen LogP contribution in [0.25, 0.3) is 0 Å². The lowest BCUT2D eigenvalue weighted by Crippen LogP contribution is -2.52. The number of hydrogen-bond donors (Lipinski definition) is 1. The normalized spacial score (nSPS) is 23.5. The van der Waals surface area contributed by atoms with E-state index in [1.165, 1.54) is 10.7 Å². The highest BCUT2D eigenvalue weighted by atomic mass is 32.2. The Kier molecular flexibility index (Phi) is 3.70. The monoisotopic (exact) mass is 261 g/mol. The molecule has 6 nitrogen and oxygen atoms in total. The molecule has 2 rings (SSSR count). The fraction of sp³-hybridized carbons (Fsp3) is 0.900. The molecule has 1 saturated heterocycles. The van der Waals surface area contributed by atoms with Gasteiger partial charge in [-0.15, -0.1) is 0 Å². The molecule has 2 aliphatic rings. The third kappa shape index (κ3) is 3.17. The van der Waals surface area contributed by atoms with Crippen molar-refractivity contribution in [3.8, 4) is 0 Å². The van der Waals surface area contributed by atoms with E-state index in [0.29, 0.717) is 38.5 Å². The van der Waals surface area contributed by atoms with Crippen molar-refractivity contribution >= 4 is 16.1 Å². The van der Waals surface area contributed by atoms with Crippen LogP contribution < -0.4 is 5.14 Å². The molecular formula is C10H19N3O3S. The van der Waals surface area contributed by atoms with Gasteiger partial charge in [0, 0.05) is 32.6 Å². The highest BCUT2D eigenvalue weighted by Crippen LogP contribution is 2.29. The third-order valence-corrected chi connectivity index (χ3v) is 4.72. The summed E-state index contributed by atoms with van der Waals surface area (Å²) < 4.78 is 23.4. The average molecular weight is 261 g/mol. The van der Waals surface area contributed by atoms with Crippen molar-refractivity contribution in [1.29, 1.82) is 0 Å². The number of carbonyl (C=O) groups excluding carboxylic acids is 1. The Morgan fingerprint density at radius 1 is 1.18 bits per heavy atom. The van der Waals surface area contributed by atoms with Crippen LogP contribution in [0.15, 0.2) is 0 Å². The van der Waals surface area contributed by atoms with E-state index in [0.717, 1.165) is 12.8 Å². The van der Waals surface area contributed by atoms with E-state index in [-0.39, 0.29) is 5.91 Å². The Balaban J connectivity index is 1.80. The zero-order valence-corrected chi connectivity index (χ0v) is 10.7. The lowest BCUT2D eigenvalue weighted by atomic mass is 9.82. The van der Waals surface area contributed by atoms with Gasteiger partial charge >= 0.3 is 0 Å². The molecule has 7 heteroatoms. The van der Waals surface area contributed by atoms with Gasteiger partial charge in [0.25, 0.3) is 10.2 Å². The molecule has 0 aromatic heterocycles. The number of nitrogens with zero attached hydrogens (tertiary/aromatic N) is 2. The summed E-state index contributed by atoms with van der Waals surface area (Å²) in [6.07, 6.45) is 4.16. The Hall–Kier alpha value is -0.660. The zero-order valence-electron chi connectivity index (χ0n) is 9.84. The van der Waals surface area contributed by atoms with Gasteiger partial charge in [-0.3, -0.25) is 4.79 Å². The maximum absolute atomic E-state index is 11.9. The second-order valence-electron chi connectivity index (χ2n) is 4.83. The van der Waals surface area contributed by atoms with Crippen LogP contribution in [0.4, 0.5) is 0 Å². The predicted octanol–water partition coefficient (Wildman–Crippen LogP) is -0.476. The second-order valence-corrected chi connectivity index (χ2v) is 6.37. The molecule has 0 aromatic rings. The highest BCUT2D eigenvalue weighted by molar-refractivity contribution is 7.86. The van der Waals surface area contributed by atoms with E-state index >= 15 is 0 Å². The first kappa shape index (κ1) is 12.8. The van der Waals surface area contributed by atoms with Crippen LogP contribution in [0.1, 0.15) is 25.7 Å². The molecule has 2 fully saturated rings. The lowest BCUT2D eigenvalue weighted by Gasteiger charge is -2.34. The van der Waals surface area contributed by atoms with E-state index in [9.17, 15) is 13.2 Å². The summed E-state index contributed by atoms with van der Waals surface area (Å²) in [7, 11) is -3.60. The number of carbonyl (C=O) groups is 1. The number of nitrogens with two attached hydrogens (primary N) is 1. The van der Waals surface area contributed by atoms with Crippen molar-refractivity contribution in [2.24, 2.45) is 11.1 Å². The topological polar surface area (TPSA) is 83.7 Å². The van der Waals surface area contributed by atoms with Crippen molar-refractivity contribution < 1.29 is 13.2 Å². The first-order valence-electron chi connectivity index (χ1n) is 6.02. The number of amides is 1. The molecule has 2 N–H and O–H groups in total. The van der Waals surface area contributed by atoms with E-state index < -0.39 is 10.2 Å². The molecular weight excluding hydrogens is 242 g/mol. The summed E-state index contributed by atoms with van der Waals surface area (Å²) in [5, 5.41) is 5.04. The predicted molar refractivity (Wildman–Crippen MR) is 63.2 cm³/mol. The molecule has 1 saturated carbocycles. The fourth-order valence-electron chi connectivity index (χ4n) is 2.26. The summed E-state index contributed by atoms with van der Waals surface area (Å²) in [4.78, 5) is 13.6. The van der Waals surface area contributed by atoms with Gasteiger partial charge in [-0.1, -0.05) is 6.42 Å². The highest BCUT2D eigenvalue weighted by Gasteiger charge is 2.28. The van der Waals surface area contributed by atoms with Crippen LogP contribution >= 0.6 is 0 Å². The molecule has 1 aliphatic carbocycles. The molecule has 17 heavy (non-hydrogen) atoms. The number of hydrogen-bond acceptors (Lipinski definition) is 3. The minimum Gasteiger partial charge on any atom is -0.340 e. The Bertz CT molecular complexity index is 384. The second kappa shape index (κ2) is 4.91. The van der Waals surface area contributed by atoms with Crippen molar-refractivity contribution in [3.63, 3.8) is 0 Å². The molecule has 0 bridgehead atoms. The van der Waals surface area contributed by atoms with Crippen LogP contribution in [0.3, 0.4) is 0 Å². The van der Waals surface area contributed by atoms with Crippen molar-refractivity contribution in [3.05, 3.63) is 0 Å². The van der Waals surface area contributed by atoms with E-state index in [2.05, 4.69) is 0 Å². The van der Waals surface area contributed by atoms with Gasteiger partial charge in [0.2, 0.25) is 5.91 Å². The van der Waals surface area contributed by atoms with Crippen LogP contribution in [-0.4, -0.2) is 49.7 Å². The van der Waals surface area contributed by atoms with Gasteiger partial charge in [0.05, 0.1) is 0 Å². The number of piperazine rings is 1. The largest absolute Gasteiger partial charge is 0.340 e. The van der Waals surface area contributed by atoms with Crippen molar-refractivity contribution in [2.75, 3.05) is 26.2 Å². The summed E-state index contributed by atoms with van der Waals surface area (Å²) in [6, 6.07) is 0. The fourth-order valence-corrected chi connectivity index (χ4v) is 2.94. The van der Waals surface area contributed by atoms with Gasteiger partial charge in [0.15, 0.2) is 0 Å². The summed E-state index contributed by atoms with van der Waals surface area (Å²) in [6.45, 7) is 1.55. The smallest absolute Gasteiger partial charge is 0.277 e. The molecule has 0 aromatic carbocycles. The first-order chi connectivity index (χ1) is 7.97. The van der Waals surface area contributed by atoms with Gasteiger partial charge in [-0.25, -0.2) is 5.14 Å². The van der Waals surface area contributed by atoms with Crippen LogP contribution in [0.2, 0.25) is 0 Å². The quantitative estimate of drug-likeness (QED) is 0.745.